The molecule has 0 saturated carbocycles. The number of carboxylic acid groups (broad SMARTS) is 2. The van der Waals surface area contributed by atoms with Gasteiger partial charge in [-0.25, -0.2) is 0 Å². The normalized spacial score (nSPS) is 11.4. The van der Waals surface area contributed by atoms with Crippen LogP contribution in [0, 0.1) is 5.92 Å². The van der Waals surface area contributed by atoms with E-state index in [2.05, 4.69) is 0 Å². The number of hydrogen-bond donors (Lipinski definition) is 2. The highest BCUT2D eigenvalue weighted by molar-refractivity contribution is 5.77. The Morgan fingerprint density at radius 1 is 1.36 bits per heavy atom. The van der Waals surface area contributed by atoms with Crippen molar-refractivity contribution in [2.75, 3.05) is 0 Å². The maximum Gasteiger partial charge on any atom is 0.307 e. The third-order valence-corrected chi connectivity index (χ3v) is 1.26. The fraction of sp³-hybridized carbons (Fsp3) is 0.667. The van der Waals surface area contributed by atoms with Gasteiger partial charge in [0.1, 0.15) is 0 Å². The molecule has 0 bridgehead atoms. The zero-order valence-corrected chi connectivity index (χ0v) is 6.20. The zero-order chi connectivity index (χ0) is 8.15. The van der Waals surface area contributed by atoms with Crippen molar-refractivity contribution in [3.05, 3.63) is 0 Å². The van der Waals surface area contributed by atoms with E-state index in [0.29, 0.717) is 6.42 Å². The molecule has 1 unspecified atom stereocenters. The van der Waals surface area contributed by atoms with Crippen molar-refractivity contribution in [1.82, 2.24) is 0 Å². The van der Waals surface area contributed by atoms with Crippen LogP contribution in [0.15, 0.2) is 0 Å². The summed E-state index contributed by atoms with van der Waals surface area (Å²) < 4.78 is 0. The van der Waals surface area contributed by atoms with Crippen LogP contribution >= 0.6 is 0 Å². The fourth-order valence-corrected chi connectivity index (χ4v) is 0.617. The lowest BCUT2D eigenvalue weighted by atomic mass is 10.0. The minimum Gasteiger partial charge on any atom is -0.481 e. The van der Waals surface area contributed by atoms with Gasteiger partial charge < -0.3 is 15.7 Å². The SMILES string of the molecule is CCC(CC(=O)O)C(=O)O.O. The van der Waals surface area contributed by atoms with E-state index in [1.165, 1.54) is 0 Å². The third kappa shape index (κ3) is 5.35. The Morgan fingerprint density at radius 3 is 1.91 bits per heavy atom. The highest BCUT2D eigenvalue weighted by Crippen LogP contribution is 2.07. The summed E-state index contributed by atoms with van der Waals surface area (Å²) in [5.74, 6) is -2.84. The molecular formula is C6H12O5. The summed E-state index contributed by atoms with van der Waals surface area (Å²) in [6.45, 7) is 1.65. The lowest BCUT2D eigenvalue weighted by Crippen LogP contribution is -2.16. The first-order valence-corrected chi connectivity index (χ1v) is 3.02. The molecule has 1 atom stereocenters. The van der Waals surface area contributed by atoms with E-state index in [0.717, 1.165) is 0 Å². The first-order valence-electron chi connectivity index (χ1n) is 3.02. The number of aliphatic carboxylic acids is 2. The Labute approximate surface area is 64.0 Å². The molecule has 0 saturated heterocycles. The maximum atomic E-state index is 10.2. The predicted octanol–water partition coefficient (Wildman–Crippen LogP) is -0.253. The molecule has 0 aliphatic heterocycles. The molecule has 0 aromatic heterocycles. The molecule has 0 aliphatic carbocycles. The van der Waals surface area contributed by atoms with E-state index in [1.807, 2.05) is 0 Å². The van der Waals surface area contributed by atoms with Crippen LogP contribution < -0.4 is 0 Å². The summed E-state index contributed by atoms with van der Waals surface area (Å²) in [4.78, 5) is 20.2. The van der Waals surface area contributed by atoms with Gasteiger partial charge in [0.25, 0.3) is 0 Å². The van der Waals surface area contributed by atoms with Crippen molar-refractivity contribution >= 4 is 11.9 Å². The summed E-state index contributed by atoms with van der Waals surface area (Å²) in [7, 11) is 0. The van der Waals surface area contributed by atoms with E-state index in [-0.39, 0.29) is 11.9 Å². The molecule has 0 aromatic rings. The molecule has 0 aliphatic rings. The van der Waals surface area contributed by atoms with Crippen LogP contribution in [0.4, 0.5) is 0 Å². The Hall–Kier alpha value is -1.10. The first kappa shape index (κ1) is 12.6. The summed E-state index contributed by atoms with van der Waals surface area (Å²) in [6.07, 6.45) is 0.0769. The van der Waals surface area contributed by atoms with Crippen LogP contribution in [-0.2, 0) is 9.59 Å². The number of rotatable bonds is 4. The van der Waals surface area contributed by atoms with E-state index in [9.17, 15) is 9.59 Å². The predicted molar refractivity (Wildman–Crippen MR) is 37.3 cm³/mol. The monoisotopic (exact) mass is 164 g/mol. The molecule has 0 aromatic carbocycles. The van der Waals surface area contributed by atoms with Crippen LogP contribution in [0.5, 0.6) is 0 Å². The molecule has 66 valence electrons. The molecule has 0 radical (unpaired) electrons. The van der Waals surface area contributed by atoms with Gasteiger partial charge in [0.05, 0.1) is 12.3 Å². The van der Waals surface area contributed by atoms with Crippen LogP contribution in [0.2, 0.25) is 0 Å². The van der Waals surface area contributed by atoms with Crippen molar-refractivity contribution in [3.63, 3.8) is 0 Å². The lowest BCUT2D eigenvalue weighted by molar-refractivity contribution is -0.148. The number of hydrogen-bond acceptors (Lipinski definition) is 2. The summed E-state index contributed by atoms with van der Waals surface area (Å²) in [6, 6.07) is 0. The van der Waals surface area contributed by atoms with Crippen molar-refractivity contribution in [2.24, 2.45) is 5.92 Å². The number of carbonyl (C=O) groups is 2. The standard InChI is InChI=1S/C6H10O4.H2O/c1-2-4(6(9)10)3-5(7)8;/h4H,2-3H2,1H3,(H,7,8)(H,9,10);1H2. The summed E-state index contributed by atoms with van der Waals surface area (Å²) in [5.41, 5.74) is 0. The van der Waals surface area contributed by atoms with Gasteiger partial charge in [-0.05, 0) is 6.42 Å². The average molecular weight is 164 g/mol. The second-order valence-corrected chi connectivity index (χ2v) is 2.04. The average Bonchev–Trinajstić information content (AvgIpc) is 1.81. The molecule has 0 rings (SSSR count). The molecule has 0 heterocycles. The Balaban J connectivity index is 0. The van der Waals surface area contributed by atoms with Crippen molar-refractivity contribution in [3.8, 4) is 0 Å². The molecule has 0 spiro atoms. The topological polar surface area (TPSA) is 106 Å². The fourth-order valence-electron chi connectivity index (χ4n) is 0.617. The zero-order valence-electron chi connectivity index (χ0n) is 6.20. The second kappa shape index (κ2) is 5.67. The van der Waals surface area contributed by atoms with E-state index in [4.69, 9.17) is 10.2 Å². The second-order valence-electron chi connectivity index (χ2n) is 2.04. The van der Waals surface area contributed by atoms with Crippen molar-refractivity contribution in [1.29, 1.82) is 0 Å². The minimum absolute atomic E-state index is 0. The third-order valence-electron chi connectivity index (χ3n) is 1.26. The van der Waals surface area contributed by atoms with Crippen molar-refractivity contribution in [2.45, 2.75) is 19.8 Å². The van der Waals surface area contributed by atoms with Gasteiger partial charge in [-0.2, -0.15) is 0 Å². The highest BCUT2D eigenvalue weighted by Gasteiger charge is 2.17. The largest absolute Gasteiger partial charge is 0.481 e. The Kier molecular flexibility index (Phi) is 6.47. The van der Waals surface area contributed by atoms with E-state index in [1.54, 1.807) is 6.92 Å². The first-order chi connectivity index (χ1) is 4.57. The summed E-state index contributed by atoms with van der Waals surface area (Å²) in [5, 5.41) is 16.6. The molecule has 5 heteroatoms. The minimum atomic E-state index is -1.06. The Morgan fingerprint density at radius 2 is 1.82 bits per heavy atom. The quantitative estimate of drug-likeness (QED) is 0.597. The molecule has 0 fully saturated rings. The van der Waals surface area contributed by atoms with Gasteiger partial charge in [-0.3, -0.25) is 9.59 Å². The Bertz CT molecular complexity index is 142. The van der Waals surface area contributed by atoms with Gasteiger partial charge in [0, 0.05) is 0 Å². The maximum absolute atomic E-state index is 10.2. The van der Waals surface area contributed by atoms with Crippen LogP contribution in [-0.4, -0.2) is 27.6 Å². The van der Waals surface area contributed by atoms with E-state index < -0.39 is 17.9 Å². The van der Waals surface area contributed by atoms with Gasteiger partial charge in [0.15, 0.2) is 0 Å². The van der Waals surface area contributed by atoms with Crippen LogP contribution in [0.25, 0.3) is 0 Å². The van der Waals surface area contributed by atoms with Crippen LogP contribution in [0.3, 0.4) is 0 Å². The van der Waals surface area contributed by atoms with Gasteiger partial charge in [0.2, 0.25) is 0 Å². The molecule has 5 nitrogen and oxygen atoms in total. The van der Waals surface area contributed by atoms with Gasteiger partial charge in [-0.1, -0.05) is 6.92 Å². The smallest absolute Gasteiger partial charge is 0.307 e. The lowest BCUT2D eigenvalue weighted by Gasteiger charge is -2.03. The van der Waals surface area contributed by atoms with E-state index >= 15 is 0 Å². The molecule has 4 N–H and O–H groups in total. The number of carboxylic acids is 2. The van der Waals surface area contributed by atoms with Crippen LogP contribution in [0.1, 0.15) is 19.8 Å². The highest BCUT2D eigenvalue weighted by atomic mass is 16.4. The summed E-state index contributed by atoms with van der Waals surface area (Å²) >= 11 is 0. The van der Waals surface area contributed by atoms with Gasteiger partial charge >= 0.3 is 11.9 Å². The van der Waals surface area contributed by atoms with Gasteiger partial charge in [-0.15, -0.1) is 0 Å². The molecule has 11 heavy (non-hydrogen) atoms. The molecule has 0 amide bonds. The van der Waals surface area contributed by atoms with Crippen molar-refractivity contribution < 1.29 is 25.3 Å². The molecular weight excluding hydrogens is 152 g/mol.